The third-order valence-corrected chi connectivity index (χ3v) is 2.11. The molecule has 0 heteroatoms. The molecule has 0 bridgehead atoms. The molecule has 12 heavy (non-hydrogen) atoms. The molecule has 0 amide bonds. The Labute approximate surface area is 76.0 Å². The van der Waals surface area contributed by atoms with Crippen LogP contribution < -0.4 is 0 Å². The van der Waals surface area contributed by atoms with Crippen LogP contribution in [-0.2, 0) is 0 Å². The molecule has 0 rings (SSSR count). The van der Waals surface area contributed by atoms with E-state index in [0.29, 0.717) is 0 Å². The van der Waals surface area contributed by atoms with Crippen LogP contribution in [0.15, 0.2) is 49.6 Å². The van der Waals surface area contributed by atoms with Gasteiger partial charge in [-0.2, -0.15) is 0 Å². The Balaban J connectivity index is 4.86. The molecule has 0 saturated heterocycles. The molecule has 0 fully saturated rings. The van der Waals surface area contributed by atoms with Crippen LogP contribution in [0.25, 0.3) is 0 Å². The Morgan fingerprint density at radius 2 is 2.00 bits per heavy atom. The van der Waals surface area contributed by atoms with Gasteiger partial charge in [-0.15, -0.1) is 13.2 Å². The number of rotatable bonds is 5. The first kappa shape index (κ1) is 11.0. The molecule has 0 nitrogen and oxygen atoms in total. The lowest BCUT2D eigenvalue weighted by atomic mass is 9.78. The van der Waals surface area contributed by atoms with E-state index >= 15 is 0 Å². The molecule has 0 heterocycles. The van der Waals surface area contributed by atoms with Crippen LogP contribution >= 0.6 is 0 Å². The second kappa shape index (κ2) is 4.76. The SMILES string of the molecule is C=CCC(C=C)(C=CC)C(=C)C. The summed E-state index contributed by atoms with van der Waals surface area (Å²) < 4.78 is 0. The molecule has 1 atom stereocenters. The fourth-order valence-corrected chi connectivity index (χ4v) is 1.25. The van der Waals surface area contributed by atoms with E-state index in [9.17, 15) is 0 Å². The first-order chi connectivity index (χ1) is 5.63. The predicted octanol–water partition coefficient (Wildman–Crippen LogP) is 3.89. The van der Waals surface area contributed by atoms with E-state index in [1.807, 2.05) is 32.1 Å². The fraction of sp³-hybridized carbons (Fsp3) is 0.333. The monoisotopic (exact) mass is 162 g/mol. The lowest BCUT2D eigenvalue weighted by molar-refractivity contribution is 0.600. The highest BCUT2D eigenvalue weighted by Crippen LogP contribution is 2.33. The van der Waals surface area contributed by atoms with Gasteiger partial charge in [0.05, 0.1) is 0 Å². The van der Waals surface area contributed by atoms with E-state index in [2.05, 4.69) is 25.8 Å². The smallest absolute Gasteiger partial charge is 0.0297 e. The van der Waals surface area contributed by atoms with Crippen LogP contribution in [0.2, 0.25) is 0 Å². The highest BCUT2D eigenvalue weighted by molar-refractivity contribution is 5.26. The Kier molecular flexibility index (Phi) is 4.35. The minimum atomic E-state index is -0.0868. The average Bonchev–Trinajstić information content (AvgIpc) is 2.03. The first-order valence-electron chi connectivity index (χ1n) is 4.17. The van der Waals surface area contributed by atoms with Crippen LogP contribution in [-0.4, -0.2) is 0 Å². The molecule has 0 radical (unpaired) electrons. The van der Waals surface area contributed by atoms with Crippen LogP contribution in [0.4, 0.5) is 0 Å². The molecule has 0 aliphatic rings. The molecule has 0 saturated carbocycles. The summed E-state index contributed by atoms with van der Waals surface area (Å²) in [5.41, 5.74) is 1.02. The van der Waals surface area contributed by atoms with Crippen molar-refractivity contribution in [2.24, 2.45) is 5.41 Å². The summed E-state index contributed by atoms with van der Waals surface area (Å²) >= 11 is 0. The van der Waals surface area contributed by atoms with Gasteiger partial charge in [0.1, 0.15) is 0 Å². The zero-order valence-electron chi connectivity index (χ0n) is 8.14. The topological polar surface area (TPSA) is 0 Å². The normalized spacial score (nSPS) is 15.5. The van der Waals surface area contributed by atoms with Gasteiger partial charge in [0, 0.05) is 5.41 Å². The molecule has 0 spiro atoms. The molecule has 0 aliphatic heterocycles. The summed E-state index contributed by atoms with van der Waals surface area (Å²) in [6.45, 7) is 15.6. The maximum Gasteiger partial charge on any atom is 0.0297 e. The summed E-state index contributed by atoms with van der Waals surface area (Å²) in [4.78, 5) is 0. The highest BCUT2D eigenvalue weighted by atomic mass is 14.2. The van der Waals surface area contributed by atoms with Crippen molar-refractivity contribution in [2.75, 3.05) is 0 Å². The van der Waals surface area contributed by atoms with Crippen LogP contribution in [0.3, 0.4) is 0 Å². The molecule has 1 unspecified atom stereocenters. The van der Waals surface area contributed by atoms with Gasteiger partial charge in [-0.3, -0.25) is 0 Å². The molecular weight excluding hydrogens is 144 g/mol. The Hall–Kier alpha value is -1.04. The van der Waals surface area contributed by atoms with Crippen molar-refractivity contribution >= 4 is 0 Å². The van der Waals surface area contributed by atoms with E-state index < -0.39 is 0 Å². The van der Waals surface area contributed by atoms with E-state index in [0.717, 1.165) is 12.0 Å². The molecule has 66 valence electrons. The van der Waals surface area contributed by atoms with Crippen LogP contribution in [0.1, 0.15) is 20.3 Å². The summed E-state index contributed by atoms with van der Waals surface area (Å²) in [6.07, 6.45) is 8.84. The van der Waals surface area contributed by atoms with E-state index in [1.165, 1.54) is 0 Å². The number of allylic oxidation sites excluding steroid dienone is 5. The van der Waals surface area contributed by atoms with Crippen molar-refractivity contribution in [1.29, 1.82) is 0 Å². The molecular formula is C12H18. The molecule has 0 aromatic heterocycles. The van der Waals surface area contributed by atoms with Gasteiger partial charge in [0.15, 0.2) is 0 Å². The Bertz CT molecular complexity index is 208. The van der Waals surface area contributed by atoms with Crippen molar-refractivity contribution in [3.63, 3.8) is 0 Å². The molecule has 0 N–H and O–H groups in total. The maximum absolute atomic E-state index is 3.97. The zero-order valence-corrected chi connectivity index (χ0v) is 8.14. The standard InChI is InChI=1S/C12H18/c1-6-9-12(8-3,10-7-2)11(4)5/h6-8,10H,1,3-4,9H2,2,5H3. The maximum atomic E-state index is 3.97. The Morgan fingerprint density at radius 1 is 1.42 bits per heavy atom. The Morgan fingerprint density at radius 3 is 2.25 bits per heavy atom. The fourth-order valence-electron chi connectivity index (χ4n) is 1.25. The van der Waals surface area contributed by atoms with Crippen molar-refractivity contribution in [2.45, 2.75) is 20.3 Å². The van der Waals surface area contributed by atoms with E-state index in [4.69, 9.17) is 0 Å². The second-order valence-electron chi connectivity index (χ2n) is 3.02. The average molecular weight is 162 g/mol. The lowest BCUT2D eigenvalue weighted by Crippen LogP contribution is -2.14. The zero-order chi connectivity index (χ0) is 9.61. The summed E-state index contributed by atoms with van der Waals surface area (Å²) in [7, 11) is 0. The van der Waals surface area contributed by atoms with Gasteiger partial charge in [0.25, 0.3) is 0 Å². The van der Waals surface area contributed by atoms with Crippen molar-refractivity contribution in [3.05, 3.63) is 49.6 Å². The van der Waals surface area contributed by atoms with Gasteiger partial charge in [0.2, 0.25) is 0 Å². The number of hydrogen-bond donors (Lipinski definition) is 0. The third kappa shape index (κ3) is 2.23. The quantitative estimate of drug-likeness (QED) is 0.538. The largest absolute Gasteiger partial charge is 0.103 e. The molecule has 0 aromatic carbocycles. The highest BCUT2D eigenvalue weighted by Gasteiger charge is 2.21. The van der Waals surface area contributed by atoms with Gasteiger partial charge >= 0.3 is 0 Å². The van der Waals surface area contributed by atoms with Gasteiger partial charge < -0.3 is 0 Å². The van der Waals surface area contributed by atoms with Crippen LogP contribution in [0.5, 0.6) is 0 Å². The van der Waals surface area contributed by atoms with E-state index in [-0.39, 0.29) is 5.41 Å². The third-order valence-electron chi connectivity index (χ3n) is 2.11. The molecule has 0 aromatic rings. The van der Waals surface area contributed by atoms with E-state index in [1.54, 1.807) is 0 Å². The van der Waals surface area contributed by atoms with Crippen molar-refractivity contribution in [1.82, 2.24) is 0 Å². The minimum Gasteiger partial charge on any atom is -0.103 e. The first-order valence-corrected chi connectivity index (χ1v) is 4.17. The summed E-state index contributed by atoms with van der Waals surface area (Å²) in [5, 5.41) is 0. The van der Waals surface area contributed by atoms with Crippen molar-refractivity contribution in [3.8, 4) is 0 Å². The summed E-state index contributed by atoms with van der Waals surface area (Å²) in [5.74, 6) is 0. The lowest BCUT2D eigenvalue weighted by Gasteiger charge is -2.26. The summed E-state index contributed by atoms with van der Waals surface area (Å²) in [6, 6.07) is 0. The number of hydrogen-bond acceptors (Lipinski definition) is 0. The van der Waals surface area contributed by atoms with Crippen molar-refractivity contribution < 1.29 is 0 Å². The van der Waals surface area contributed by atoms with Crippen LogP contribution in [0, 0.1) is 5.41 Å². The predicted molar refractivity (Wildman–Crippen MR) is 57.1 cm³/mol. The second-order valence-corrected chi connectivity index (χ2v) is 3.02. The minimum absolute atomic E-state index is 0.0868. The van der Waals surface area contributed by atoms with Gasteiger partial charge in [-0.05, 0) is 20.3 Å². The van der Waals surface area contributed by atoms with Gasteiger partial charge in [-0.25, -0.2) is 0 Å². The molecule has 0 aliphatic carbocycles. The van der Waals surface area contributed by atoms with Gasteiger partial charge in [-0.1, -0.05) is 36.5 Å².